The van der Waals surface area contributed by atoms with Gasteiger partial charge in [0.1, 0.15) is 11.9 Å². The maximum atomic E-state index is 13.3. The van der Waals surface area contributed by atoms with Gasteiger partial charge in [-0.3, -0.25) is 4.79 Å². The fourth-order valence-electron chi connectivity index (χ4n) is 1.43. The zero-order chi connectivity index (χ0) is 13.5. The van der Waals surface area contributed by atoms with Gasteiger partial charge >= 0.3 is 0 Å². The van der Waals surface area contributed by atoms with Gasteiger partial charge in [-0.15, -0.1) is 0 Å². The fraction of sp³-hybridized carbons (Fsp3) is 0.462. The molecule has 0 heterocycles. The molecule has 0 aromatic heterocycles. The van der Waals surface area contributed by atoms with Gasteiger partial charge in [0.2, 0.25) is 5.91 Å². The summed E-state index contributed by atoms with van der Waals surface area (Å²) in [5.41, 5.74) is 1.17. The third kappa shape index (κ3) is 4.33. The van der Waals surface area contributed by atoms with Crippen LogP contribution in [0.5, 0.6) is 0 Å². The summed E-state index contributed by atoms with van der Waals surface area (Å²) in [5, 5.41) is 5.65. The van der Waals surface area contributed by atoms with Gasteiger partial charge in [-0.05, 0) is 31.5 Å². The Labute approximate surface area is 107 Å². The summed E-state index contributed by atoms with van der Waals surface area (Å²) in [6.07, 6.45) is 0. The second kappa shape index (κ2) is 6.96. The largest absolute Gasteiger partial charge is 0.383 e. The van der Waals surface area contributed by atoms with Crippen LogP contribution in [0.15, 0.2) is 18.2 Å². The van der Waals surface area contributed by atoms with Crippen molar-refractivity contribution in [3.05, 3.63) is 29.6 Å². The zero-order valence-corrected chi connectivity index (χ0v) is 10.9. The Morgan fingerprint density at radius 2 is 2.22 bits per heavy atom. The van der Waals surface area contributed by atoms with Gasteiger partial charge in [-0.2, -0.15) is 0 Å². The summed E-state index contributed by atoms with van der Waals surface area (Å²) in [6, 6.07) is 4.38. The molecule has 1 amide bonds. The summed E-state index contributed by atoms with van der Waals surface area (Å²) in [5.74, 6) is -0.431. The van der Waals surface area contributed by atoms with E-state index in [0.717, 1.165) is 0 Å². The summed E-state index contributed by atoms with van der Waals surface area (Å²) in [7, 11) is 1.57. The van der Waals surface area contributed by atoms with Crippen LogP contribution in [0.3, 0.4) is 0 Å². The highest BCUT2D eigenvalue weighted by molar-refractivity contribution is 5.84. The number of methoxy groups -OCH3 is 1. The normalized spacial score (nSPS) is 12.0. The minimum absolute atomic E-state index is 0.145. The van der Waals surface area contributed by atoms with Crippen LogP contribution in [-0.2, 0) is 9.53 Å². The molecule has 0 bridgehead atoms. The van der Waals surface area contributed by atoms with Crippen molar-refractivity contribution in [2.75, 3.05) is 25.6 Å². The van der Waals surface area contributed by atoms with E-state index in [0.29, 0.717) is 24.4 Å². The van der Waals surface area contributed by atoms with Crippen molar-refractivity contribution in [1.82, 2.24) is 5.32 Å². The summed E-state index contributed by atoms with van der Waals surface area (Å²) in [6.45, 7) is 4.35. The number of carbonyl (C=O) groups excluding carboxylic acids is 1. The topological polar surface area (TPSA) is 50.4 Å². The molecular weight excluding hydrogens is 235 g/mol. The molecule has 1 atom stereocenters. The van der Waals surface area contributed by atoms with Gasteiger partial charge in [-0.25, -0.2) is 4.39 Å². The molecule has 1 aromatic carbocycles. The van der Waals surface area contributed by atoms with Gasteiger partial charge in [0, 0.05) is 19.3 Å². The lowest BCUT2D eigenvalue weighted by Crippen LogP contribution is -2.39. The van der Waals surface area contributed by atoms with Crippen LogP contribution in [0, 0.1) is 12.7 Å². The lowest BCUT2D eigenvalue weighted by atomic mass is 10.2. The first-order chi connectivity index (χ1) is 8.54. The second-order valence-corrected chi connectivity index (χ2v) is 4.11. The average Bonchev–Trinajstić information content (AvgIpc) is 2.34. The number of amides is 1. The Morgan fingerprint density at radius 3 is 2.83 bits per heavy atom. The van der Waals surface area contributed by atoms with Gasteiger partial charge in [0.05, 0.1) is 6.61 Å². The molecule has 4 nitrogen and oxygen atoms in total. The highest BCUT2D eigenvalue weighted by Gasteiger charge is 2.12. The van der Waals surface area contributed by atoms with Crippen molar-refractivity contribution < 1.29 is 13.9 Å². The maximum absolute atomic E-state index is 13.3. The lowest BCUT2D eigenvalue weighted by Gasteiger charge is -2.15. The molecule has 1 aromatic rings. The Bertz CT molecular complexity index is 410. The molecule has 0 aliphatic carbocycles. The molecule has 0 fully saturated rings. The smallest absolute Gasteiger partial charge is 0.242 e. The minimum Gasteiger partial charge on any atom is -0.383 e. The molecule has 1 unspecified atom stereocenters. The van der Waals surface area contributed by atoms with Crippen LogP contribution in [0.25, 0.3) is 0 Å². The molecule has 0 saturated heterocycles. The molecule has 0 spiro atoms. The molecule has 100 valence electrons. The molecule has 2 N–H and O–H groups in total. The Hall–Kier alpha value is -1.62. The molecule has 0 aliphatic rings. The molecule has 0 aliphatic heterocycles. The predicted molar refractivity (Wildman–Crippen MR) is 69.1 cm³/mol. The average molecular weight is 254 g/mol. The summed E-state index contributed by atoms with van der Waals surface area (Å²) in [4.78, 5) is 11.7. The number of rotatable bonds is 6. The SMILES string of the molecule is COCCNC(=O)C(C)Nc1ccc(C)c(F)c1. The van der Waals surface area contributed by atoms with Crippen LogP contribution in [0.2, 0.25) is 0 Å². The van der Waals surface area contributed by atoms with E-state index in [4.69, 9.17) is 4.74 Å². The minimum atomic E-state index is -0.427. The standard InChI is InChI=1S/C13H19FN2O2/c1-9-4-5-11(8-12(9)14)16-10(2)13(17)15-6-7-18-3/h4-5,8,10,16H,6-7H2,1-3H3,(H,15,17). The maximum Gasteiger partial charge on any atom is 0.242 e. The first-order valence-electron chi connectivity index (χ1n) is 5.84. The van der Waals surface area contributed by atoms with E-state index < -0.39 is 6.04 Å². The molecule has 0 radical (unpaired) electrons. The molecule has 1 rings (SSSR count). The number of benzene rings is 1. The van der Waals surface area contributed by atoms with Crippen molar-refractivity contribution in [2.45, 2.75) is 19.9 Å². The van der Waals surface area contributed by atoms with E-state index in [9.17, 15) is 9.18 Å². The molecular formula is C13H19FN2O2. The van der Waals surface area contributed by atoms with E-state index in [1.807, 2.05) is 0 Å². The Morgan fingerprint density at radius 1 is 1.50 bits per heavy atom. The zero-order valence-electron chi connectivity index (χ0n) is 10.9. The molecule has 18 heavy (non-hydrogen) atoms. The number of carbonyl (C=O) groups is 1. The van der Waals surface area contributed by atoms with Crippen molar-refractivity contribution in [3.8, 4) is 0 Å². The highest BCUT2D eigenvalue weighted by Crippen LogP contribution is 2.14. The first-order valence-corrected chi connectivity index (χ1v) is 5.84. The summed E-state index contributed by atoms with van der Waals surface area (Å²) < 4.78 is 18.2. The Kier molecular flexibility index (Phi) is 5.58. The van der Waals surface area contributed by atoms with E-state index in [1.54, 1.807) is 33.1 Å². The highest BCUT2D eigenvalue weighted by atomic mass is 19.1. The van der Waals surface area contributed by atoms with Crippen molar-refractivity contribution >= 4 is 11.6 Å². The van der Waals surface area contributed by atoms with Crippen molar-refractivity contribution in [2.24, 2.45) is 0 Å². The predicted octanol–water partition coefficient (Wildman–Crippen LogP) is 1.70. The van der Waals surface area contributed by atoms with Crippen LogP contribution in [-0.4, -0.2) is 32.2 Å². The third-order valence-electron chi connectivity index (χ3n) is 2.55. The lowest BCUT2D eigenvalue weighted by molar-refractivity contribution is -0.121. The van der Waals surface area contributed by atoms with E-state index >= 15 is 0 Å². The first kappa shape index (κ1) is 14.4. The third-order valence-corrected chi connectivity index (χ3v) is 2.55. The van der Waals surface area contributed by atoms with Gasteiger partial charge < -0.3 is 15.4 Å². The van der Waals surface area contributed by atoms with Crippen LogP contribution < -0.4 is 10.6 Å². The fourth-order valence-corrected chi connectivity index (χ4v) is 1.43. The Balaban J connectivity index is 2.50. The number of hydrogen-bond acceptors (Lipinski definition) is 3. The number of halogens is 1. The quantitative estimate of drug-likeness (QED) is 0.760. The number of ether oxygens (including phenoxy) is 1. The van der Waals surface area contributed by atoms with E-state index in [-0.39, 0.29) is 11.7 Å². The summed E-state index contributed by atoms with van der Waals surface area (Å²) >= 11 is 0. The van der Waals surface area contributed by atoms with Crippen molar-refractivity contribution in [1.29, 1.82) is 0 Å². The van der Waals surface area contributed by atoms with Gasteiger partial charge in [0.15, 0.2) is 0 Å². The molecule has 5 heteroatoms. The molecule has 0 saturated carbocycles. The number of hydrogen-bond donors (Lipinski definition) is 2. The van der Waals surface area contributed by atoms with Gasteiger partial charge in [0.25, 0.3) is 0 Å². The van der Waals surface area contributed by atoms with Crippen LogP contribution in [0.1, 0.15) is 12.5 Å². The van der Waals surface area contributed by atoms with E-state index in [2.05, 4.69) is 10.6 Å². The van der Waals surface area contributed by atoms with E-state index in [1.165, 1.54) is 6.07 Å². The number of aryl methyl sites for hydroxylation is 1. The van der Waals surface area contributed by atoms with Crippen LogP contribution in [0.4, 0.5) is 10.1 Å². The second-order valence-electron chi connectivity index (χ2n) is 4.11. The van der Waals surface area contributed by atoms with Gasteiger partial charge in [-0.1, -0.05) is 6.07 Å². The monoisotopic (exact) mass is 254 g/mol. The number of anilines is 1. The number of nitrogens with one attached hydrogen (secondary N) is 2. The van der Waals surface area contributed by atoms with Crippen molar-refractivity contribution in [3.63, 3.8) is 0 Å². The van der Waals surface area contributed by atoms with Crippen LogP contribution >= 0.6 is 0 Å².